The van der Waals surface area contributed by atoms with Gasteiger partial charge in [0.25, 0.3) is 5.56 Å². The SMILES string of the molecule is COc1ccc(C(OC[C@]2(CO[Si](C(C)C)(C(C)C)C(C)C)CN(C(=O)CCCC(=O)N3C[C@H](NC(C)=O)[C@@H](OC(C)=O)[C@@H](OC(C)=O)C3)C[C@H](n3cc(C)c(=O)[nH]c3=O)O2)(c2ccccc2)c2ccc(OC)cc2)cc1. The van der Waals surface area contributed by atoms with E-state index >= 15 is 0 Å². The molecule has 0 saturated carbocycles. The van der Waals surface area contributed by atoms with E-state index in [0.29, 0.717) is 11.5 Å². The average Bonchev–Trinajstić information content (AvgIpc) is 3.43. The summed E-state index contributed by atoms with van der Waals surface area (Å²) in [6.07, 6.45) is -2.00. The van der Waals surface area contributed by atoms with Crippen LogP contribution in [0.1, 0.15) is 110 Å². The van der Waals surface area contributed by atoms with Gasteiger partial charge < -0.3 is 48.0 Å². The average molecular weight is 1080 g/mol. The van der Waals surface area contributed by atoms with Crippen molar-refractivity contribution in [3.63, 3.8) is 0 Å². The van der Waals surface area contributed by atoms with Gasteiger partial charge in [0.2, 0.25) is 17.7 Å². The molecule has 2 fully saturated rings. The van der Waals surface area contributed by atoms with Crippen molar-refractivity contribution in [2.75, 3.05) is 53.6 Å². The lowest BCUT2D eigenvalue weighted by molar-refractivity contribution is -0.228. The van der Waals surface area contributed by atoms with Crippen LogP contribution in [0.15, 0.2) is 94.6 Å². The molecule has 3 amide bonds. The molecular formula is C57H77N5O14Si. The Kier molecular flexibility index (Phi) is 19.9. The summed E-state index contributed by atoms with van der Waals surface area (Å²) in [5, 5.41) is 2.73. The largest absolute Gasteiger partial charge is 0.497 e. The van der Waals surface area contributed by atoms with Gasteiger partial charge in [-0.2, -0.15) is 0 Å². The van der Waals surface area contributed by atoms with Gasteiger partial charge in [0, 0.05) is 51.9 Å². The molecular weight excluding hydrogens is 1010 g/mol. The third-order valence-corrected chi connectivity index (χ3v) is 20.8. The van der Waals surface area contributed by atoms with Crippen LogP contribution < -0.4 is 26.0 Å². The van der Waals surface area contributed by atoms with E-state index in [4.69, 9.17) is 32.8 Å². The molecule has 1 aromatic heterocycles. The van der Waals surface area contributed by atoms with Crippen LogP contribution in [0.2, 0.25) is 16.6 Å². The third-order valence-electron chi connectivity index (χ3n) is 14.8. The maximum atomic E-state index is 15.0. The number of amides is 3. The Morgan fingerprint density at radius 2 is 1.26 bits per heavy atom. The maximum Gasteiger partial charge on any atom is 0.330 e. The zero-order valence-electron chi connectivity index (χ0n) is 46.5. The number of aryl methyl sites for hydroxylation is 1. The summed E-state index contributed by atoms with van der Waals surface area (Å²) in [5.41, 5.74) is -1.19. The zero-order valence-corrected chi connectivity index (χ0v) is 47.5. The van der Waals surface area contributed by atoms with Crippen molar-refractivity contribution >= 4 is 38.0 Å². The van der Waals surface area contributed by atoms with Gasteiger partial charge in [-0.3, -0.25) is 38.3 Å². The molecule has 2 saturated heterocycles. The number of nitrogens with one attached hydrogen (secondary N) is 2. The highest BCUT2D eigenvalue weighted by Gasteiger charge is 2.52. The lowest BCUT2D eigenvalue weighted by Gasteiger charge is -2.50. The number of benzene rings is 3. The van der Waals surface area contributed by atoms with Crippen LogP contribution in [-0.4, -0.2) is 135 Å². The first-order valence-electron chi connectivity index (χ1n) is 26.3. The Hall–Kier alpha value is -6.61. The molecule has 2 N–H and O–H groups in total. The number of carbonyl (C=O) groups excluding carboxylic acids is 5. The zero-order chi connectivity index (χ0) is 56.4. The van der Waals surface area contributed by atoms with Crippen LogP contribution in [-0.2, 0) is 52.9 Å². The van der Waals surface area contributed by atoms with Gasteiger partial charge >= 0.3 is 17.6 Å². The van der Waals surface area contributed by atoms with Crippen LogP contribution in [0, 0.1) is 6.92 Å². The van der Waals surface area contributed by atoms with E-state index in [1.54, 1.807) is 26.0 Å². The van der Waals surface area contributed by atoms with Crippen LogP contribution in [0.4, 0.5) is 0 Å². The lowest BCUT2D eigenvalue weighted by atomic mass is 9.79. The highest BCUT2D eigenvalue weighted by Crippen LogP contribution is 2.46. The summed E-state index contributed by atoms with van der Waals surface area (Å²) in [5.74, 6) is -1.24. The second-order valence-corrected chi connectivity index (χ2v) is 26.5. The molecule has 0 aliphatic carbocycles. The molecule has 6 rings (SSSR count). The predicted molar refractivity (Wildman–Crippen MR) is 290 cm³/mol. The Labute approximate surface area is 452 Å². The molecule has 0 spiro atoms. The van der Waals surface area contributed by atoms with Crippen molar-refractivity contribution in [1.82, 2.24) is 24.7 Å². The van der Waals surface area contributed by atoms with Gasteiger partial charge in [0.15, 0.2) is 26.8 Å². The number of aromatic amines is 1. The molecule has 0 radical (unpaired) electrons. The van der Waals surface area contributed by atoms with E-state index in [0.717, 1.165) is 16.7 Å². The highest BCUT2D eigenvalue weighted by atomic mass is 28.4. The first-order valence-corrected chi connectivity index (χ1v) is 28.4. The number of H-pyrrole nitrogens is 1. The summed E-state index contributed by atoms with van der Waals surface area (Å²) in [7, 11) is 0.478. The molecule has 77 heavy (non-hydrogen) atoms. The first kappa shape index (κ1) is 59.6. The summed E-state index contributed by atoms with van der Waals surface area (Å²) < 4.78 is 45.8. The molecule has 2 aliphatic rings. The quantitative estimate of drug-likeness (QED) is 0.0485. The van der Waals surface area contributed by atoms with E-state index in [9.17, 15) is 33.6 Å². The maximum absolute atomic E-state index is 15.0. The molecule has 0 unspecified atom stereocenters. The number of nitrogens with zero attached hydrogens (tertiary/aromatic N) is 3. The van der Waals surface area contributed by atoms with Crippen LogP contribution >= 0.6 is 0 Å². The molecule has 2 aliphatic heterocycles. The smallest absolute Gasteiger partial charge is 0.330 e. The van der Waals surface area contributed by atoms with E-state index in [1.807, 2.05) is 78.9 Å². The van der Waals surface area contributed by atoms with Gasteiger partial charge in [-0.25, -0.2) is 4.79 Å². The molecule has 4 aromatic rings. The van der Waals surface area contributed by atoms with Crippen LogP contribution in [0.5, 0.6) is 11.5 Å². The second-order valence-electron chi connectivity index (χ2n) is 21.1. The number of morpholine rings is 1. The minimum Gasteiger partial charge on any atom is -0.497 e. The fraction of sp³-hybridized carbons (Fsp3) is 0.526. The minimum atomic E-state index is -2.72. The Morgan fingerprint density at radius 1 is 0.727 bits per heavy atom. The fourth-order valence-corrected chi connectivity index (χ4v) is 16.8. The minimum absolute atomic E-state index is 0.0471. The number of ether oxygens (including phenoxy) is 6. The number of aromatic nitrogens is 2. The van der Waals surface area contributed by atoms with E-state index < -0.39 is 73.1 Å². The third kappa shape index (κ3) is 13.7. The van der Waals surface area contributed by atoms with Crippen molar-refractivity contribution in [2.45, 2.75) is 141 Å². The Balaban J connectivity index is 1.44. The highest BCUT2D eigenvalue weighted by molar-refractivity contribution is 6.77. The molecule has 3 aromatic carbocycles. The van der Waals surface area contributed by atoms with E-state index in [2.05, 4.69) is 51.8 Å². The summed E-state index contributed by atoms with van der Waals surface area (Å²) >= 11 is 0. The van der Waals surface area contributed by atoms with Gasteiger partial charge in [0.1, 0.15) is 22.7 Å². The summed E-state index contributed by atoms with van der Waals surface area (Å²) in [6.45, 7) is 17.7. The Morgan fingerprint density at radius 3 is 1.77 bits per heavy atom. The number of rotatable bonds is 22. The molecule has 19 nitrogen and oxygen atoms in total. The lowest BCUT2D eigenvalue weighted by Crippen LogP contribution is -2.64. The number of esters is 2. The monoisotopic (exact) mass is 1080 g/mol. The van der Waals surface area contributed by atoms with Gasteiger partial charge in [-0.15, -0.1) is 0 Å². The fourth-order valence-electron chi connectivity index (χ4n) is 11.3. The number of likely N-dealkylation sites (tertiary alicyclic amines) is 1. The molecule has 418 valence electrons. The van der Waals surface area contributed by atoms with Crippen molar-refractivity contribution in [1.29, 1.82) is 0 Å². The first-order chi connectivity index (χ1) is 36.5. The summed E-state index contributed by atoms with van der Waals surface area (Å²) in [4.78, 5) is 97.8. The molecule has 20 heteroatoms. The van der Waals surface area contributed by atoms with Gasteiger partial charge in [-0.05, 0) is 70.9 Å². The molecule has 0 bridgehead atoms. The normalized spacial score (nSPS) is 20.0. The number of methoxy groups -OCH3 is 2. The Bertz CT molecular complexity index is 2710. The van der Waals surface area contributed by atoms with Gasteiger partial charge in [-0.1, -0.05) is 96.1 Å². The van der Waals surface area contributed by atoms with Crippen molar-refractivity contribution in [3.05, 3.63) is 128 Å². The van der Waals surface area contributed by atoms with Crippen LogP contribution in [0.3, 0.4) is 0 Å². The molecule has 5 atom stereocenters. The summed E-state index contributed by atoms with van der Waals surface area (Å²) in [6, 6.07) is 24.1. The molecule has 3 heterocycles. The standard InChI is InChI=1S/C57H77N5O14Si/c1-36(2)77(37(3)4,38(5)6)73-35-56(34-72-57(43-17-14-13-15-18-43,44-21-25-46(70-11)26-22-44)45-23-27-47(71-12)28-24-45)33-61(32-52(76-56)62-29-39(7)54(68)59-55(62)69)51(67)20-16-19-50(66)60-30-48(58-40(8)63)53(75-42(10)65)49(31-60)74-41(9)64/h13-15,17-18,21-29,36-38,48-49,52-53H,16,19-20,30-35H2,1-12H3,(H,58,63)(H,59,68,69)/t48-,49-,52+,53+,56-/m0/s1. The van der Waals surface area contributed by atoms with E-state index in [-0.39, 0.29) is 92.7 Å². The predicted octanol–water partition coefficient (Wildman–Crippen LogP) is 6.54. The van der Waals surface area contributed by atoms with Crippen molar-refractivity contribution in [3.8, 4) is 11.5 Å². The van der Waals surface area contributed by atoms with Gasteiger partial charge in [0.05, 0.1) is 53.1 Å². The number of piperidine rings is 1. The second kappa shape index (κ2) is 25.7. The van der Waals surface area contributed by atoms with Crippen molar-refractivity contribution < 1.29 is 56.8 Å². The van der Waals surface area contributed by atoms with E-state index in [1.165, 1.54) is 36.4 Å². The number of hydrogen-bond acceptors (Lipinski definition) is 14. The topological polar surface area (TPSA) is 223 Å². The van der Waals surface area contributed by atoms with Crippen molar-refractivity contribution in [2.24, 2.45) is 0 Å². The number of carbonyl (C=O) groups is 5. The number of hydrogen-bond donors (Lipinski definition) is 2. The van der Waals surface area contributed by atoms with Crippen LogP contribution in [0.25, 0.3) is 0 Å².